The van der Waals surface area contributed by atoms with Crippen LogP contribution >= 0.6 is 12.2 Å². The Morgan fingerprint density at radius 2 is 1.93 bits per heavy atom. The third kappa shape index (κ3) is 5.91. The average Bonchev–Trinajstić information content (AvgIpc) is 2.18. The highest BCUT2D eigenvalue weighted by atomic mass is 32.1. The van der Waals surface area contributed by atoms with Crippen LogP contribution in [0.5, 0.6) is 0 Å². The van der Waals surface area contributed by atoms with Crippen molar-refractivity contribution in [3.05, 3.63) is 0 Å². The molecule has 0 aliphatic rings. The summed E-state index contributed by atoms with van der Waals surface area (Å²) >= 11 is 4.69. The molecule has 0 bridgehead atoms. The number of hydrogen-bond donors (Lipinski definition) is 2. The third-order valence-electron chi connectivity index (χ3n) is 2.41. The van der Waals surface area contributed by atoms with E-state index >= 15 is 0 Å². The van der Waals surface area contributed by atoms with Crippen molar-refractivity contribution in [2.24, 2.45) is 16.8 Å². The summed E-state index contributed by atoms with van der Waals surface area (Å²) in [6.45, 7) is 6.52. The summed E-state index contributed by atoms with van der Waals surface area (Å²) in [6.07, 6.45) is 4.39. The lowest BCUT2D eigenvalue weighted by Gasteiger charge is -2.12. The zero-order valence-corrected chi connectivity index (χ0v) is 10.2. The van der Waals surface area contributed by atoms with Crippen molar-refractivity contribution in [3.63, 3.8) is 0 Å². The number of hydrogen-bond acceptors (Lipinski definition) is 2. The van der Waals surface area contributed by atoms with E-state index in [0.717, 1.165) is 24.5 Å². The van der Waals surface area contributed by atoms with Crippen molar-refractivity contribution in [3.8, 4) is 0 Å². The minimum Gasteiger partial charge on any atom is -0.375 e. The molecule has 0 aromatic heterocycles. The Hall–Kier alpha value is -0.640. The molecule has 0 aliphatic heterocycles. The average molecular weight is 215 g/mol. The van der Waals surface area contributed by atoms with Crippen LogP contribution in [0, 0.1) is 5.92 Å². The van der Waals surface area contributed by atoms with E-state index in [1.807, 2.05) is 0 Å². The van der Waals surface area contributed by atoms with Crippen LogP contribution in [0.2, 0.25) is 0 Å². The quantitative estimate of drug-likeness (QED) is 0.406. The standard InChI is InChI=1S/C10H21N3S/c1-4-8(5-2)7-9(6-3)12-13-10(11)14/h8H,4-7H2,1-3H3,(H3,11,13,14). The summed E-state index contributed by atoms with van der Waals surface area (Å²) in [7, 11) is 0. The van der Waals surface area contributed by atoms with Gasteiger partial charge in [-0.15, -0.1) is 0 Å². The zero-order valence-electron chi connectivity index (χ0n) is 9.34. The van der Waals surface area contributed by atoms with Gasteiger partial charge in [0.1, 0.15) is 0 Å². The van der Waals surface area contributed by atoms with Crippen molar-refractivity contribution in [2.75, 3.05) is 0 Å². The van der Waals surface area contributed by atoms with Crippen molar-refractivity contribution in [2.45, 2.75) is 46.5 Å². The first-order chi connectivity index (χ1) is 6.63. The maximum atomic E-state index is 5.30. The van der Waals surface area contributed by atoms with E-state index in [0.29, 0.717) is 0 Å². The van der Waals surface area contributed by atoms with E-state index in [9.17, 15) is 0 Å². The van der Waals surface area contributed by atoms with Gasteiger partial charge in [-0.05, 0) is 31.0 Å². The lowest BCUT2D eigenvalue weighted by Crippen LogP contribution is -2.25. The van der Waals surface area contributed by atoms with Gasteiger partial charge in [0.05, 0.1) is 0 Å². The van der Waals surface area contributed by atoms with E-state index in [1.54, 1.807) is 0 Å². The molecule has 0 amide bonds. The van der Waals surface area contributed by atoms with Crippen LogP contribution in [0.1, 0.15) is 46.5 Å². The molecular weight excluding hydrogens is 194 g/mol. The number of rotatable bonds is 6. The summed E-state index contributed by atoms with van der Waals surface area (Å²) in [5.41, 5.74) is 9.10. The summed E-state index contributed by atoms with van der Waals surface area (Å²) in [5, 5.41) is 4.41. The number of nitrogens with one attached hydrogen (secondary N) is 1. The fourth-order valence-corrected chi connectivity index (χ4v) is 1.36. The zero-order chi connectivity index (χ0) is 11.0. The second-order valence-electron chi connectivity index (χ2n) is 3.39. The molecule has 0 atom stereocenters. The van der Waals surface area contributed by atoms with Crippen LogP contribution in [0.15, 0.2) is 5.10 Å². The molecular formula is C10H21N3S. The SMILES string of the molecule is CCC(CC(CC)CC)=NNC(N)=S. The number of nitrogens with zero attached hydrogens (tertiary/aromatic N) is 1. The molecule has 0 aromatic rings. The maximum Gasteiger partial charge on any atom is 0.184 e. The van der Waals surface area contributed by atoms with Crippen LogP contribution in [0.4, 0.5) is 0 Å². The summed E-state index contributed by atoms with van der Waals surface area (Å²) in [5.74, 6) is 0.724. The van der Waals surface area contributed by atoms with Crippen LogP contribution in [-0.4, -0.2) is 10.8 Å². The Balaban J connectivity index is 4.12. The minimum atomic E-state index is 0.237. The Bertz CT molecular complexity index is 198. The van der Waals surface area contributed by atoms with E-state index in [4.69, 9.17) is 18.0 Å². The Morgan fingerprint density at radius 1 is 1.36 bits per heavy atom. The lowest BCUT2D eigenvalue weighted by atomic mass is 9.96. The molecule has 14 heavy (non-hydrogen) atoms. The van der Waals surface area contributed by atoms with Crippen LogP contribution < -0.4 is 11.2 Å². The van der Waals surface area contributed by atoms with Crippen LogP contribution in [-0.2, 0) is 0 Å². The van der Waals surface area contributed by atoms with Gasteiger partial charge in [-0.3, -0.25) is 5.43 Å². The van der Waals surface area contributed by atoms with Crippen molar-refractivity contribution in [1.82, 2.24) is 5.43 Å². The van der Waals surface area contributed by atoms with Crippen molar-refractivity contribution < 1.29 is 0 Å². The Labute approximate surface area is 92.1 Å². The first-order valence-corrected chi connectivity index (χ1v) is 5.65. The Kier molecular flexibility index (Phi) is 7.38. The molecule has 0 unspecified atom stereocenters. The molecule has 0 spiro atoms. The first kappa shape index (κ1) is 13.4. The van der Waals surface area contributed by atoms with Gasteiger partial charge >= 0.3 is 0 Å². The molecule has 3 N–H and O–H groups in total. The largest absolute Gasteiger partial charge is 0.375 e. The van der Waals surface area contributed by atoms with Gasteiger partial charge in [0.15, 0.2) is 5.11 Å². The summed E-state index contributed by atoms with van der Waals surface area (Å²) in [6, 6.07) is 0. The predicted molar refractivity (Wildman–Crippen MR) is 66.3 cm³/mol. The fourth-order valence-electron chi connectivity index (χ4n) is 1.31. The van der Waals surface area contributed by atoms with Gasteiger partial charge < -0.3 is 5.73 Å². The van der Waals surface area contributed by atoms with Crippen molar-refractivity contribution in [1.29, 1.82) is 0 Å². The molecule has 82 valence electrons. The fraction of sp³-hybridized carbons (Fsp3) is 0.800. The smallest absolute Gasteiger partial charge is 0.184 e. The molecule has 0 heterocycles. The third-order valence-corrected chi connectivity index (χ3v) is 2.50. The van der Waals surface area contributed by atoms with Gasteiger partial charge in [-0.2, -0.15) is 5.10 Å². The second-order valence-corrected chi connectivity index (χ2v) is 3.83. The lowest BCUT2D eigenvalue weighted by molar-refractivity contribution is 0.508. The van der Waals surface area contributed by atoms with Gasteiger partial charge in [-0.1, -0.05) is 33.6 Å². The first-order valence-electron chi connectivity index (χ1n) is 5.24. The minimum absolute atomic E-state index is 0.237. The van der Waals surface area contributed by atoms with Gasteiger partial charge in [0, 0.05) is 5.71 Å². The molecule has 4 heteroatoms. The highest BCUT2D eigenvalue weighted by Gasteiger charge is 2.07. The van der Waals surface area contributed by atoms with E-state index < -0.39 is 0 Å². The molecule has 0 saturated heterocycles. The van der Waals surface area contributed by atoms with Gasteiger partial charge in [0.25, 0.3) is 0 Å². The predicted octanol–water partition coefficient (Wildman–Crippen LogP) is 2.41. The topological polar surface area (TPSA) is 50.4 Å². The van der Waals surface area contributed by atoms with E-state index in [2.05, 4.69) is 31.3 Å². The molecule has 3 nitrogen and oxygen atoms in total. The van der Waals surface area contributed by atoms with E-state index in [1.165, 1.54) is 12.8 Å². The molecule has 0 saturated carbocycles. The van der Waals surface area contributed by atoms with Crippen molar-refractivity contribution >= 4 is 23.0 Å². The highest BCUT2D eigenvalue weighted by molar-refractivity contribution is 7.80. The maximum absolute atomic E-state index is 5.30. The monoisotopic (exact) mass is 215 g/mol. The van der Waals surface area contributed by atoms with Crippen LogP contribution in [0.25, 0.3) is 0 Å². The van der Waals surface area contributed by atoms with Gasteiger partial charge in [0.2, 0.25) is 0 Å². The number of thiocarbonyl (C=S) groups is 1. The molecule has 0 fully saturated rings. The molecule has 0 rings (SSSR count). The van der Waals surface area contributed by atoms with Gasteiger partial charge in [-0.25, -0.2) is 0 Å². The van der Waals surface area contributed by atoms with E-state index in [-0.39, 0.29) is 5.11 Å². The van der Waals surface area contributed by atoms with Crippen LogP contribution in [0.3, 0.4) is 0 Å². The number of nitrogens with two attached hydrogens (primary N) is 1. The molecule has 0 radical (unpaired) electrons. The Morgan fingerprint density at radius 3 is 2.29 bits per heavy atom. The number of hydrazone groups is 1. The normalized spacial score (nSPS) is 11.9. The molecule has 0 aromatic carbocycles. The second kappa shape index (κ2) is 7.74. The molecule has 0 aliphatic carbocycles. The highest BCUT2D eigenvalue weighted by Crippen LogP contribution is 2.14. The summed E-state index contributed by atoms with van der Waals surface area (Å²) < 4.78 is 0. The summed E-state index contributed by atoms with van der Waals surface area (Å²) in [4.78, 5) is 0.